The monoisotopic (exact) mass is 840 g/mol. The van der Waals surface area contributed by atoms with Crippen LogP contribution in [-0.2, 0) is 32.7 Å². The predicted molar refractivity (Wildman–Crippen MR) is 243 cm³/mol. The molecule has 0 radical (unpaired) electrons. The van der Waals surface area contributed by atoms with Gasteiger partial charge in [0.15, 0.2) is 6.10 Å². The van der Waals surface area contributed by atoms with Crippen LogP contribution in [0.25, 0.3) is 0 Å². The van der Waals surface area contributed by atoms with Crippen molar-refractivity contribution in [2.45, 2.75) is 232 Å². The number of allylic oxidation sites excluding steroid dienone is 6. The Morgan fingerprint density at radius 1 is 0.517 bits per heavy atom. The van der Waals surface area contributed by atoms with Crippen molar-refractivity contribution in [3.8, 4) is 0 Å². The van der Waals surface area contributed by atoms with Crippen LogP contribution in [-0.4, -0.2) is 49.3 Å². The molecule has 0 saturated heterocycles. The molecule has 0 fully saturated rings. The molecule has 58 heavy (non-hydrogen) atoms. The van der Waals surface area contributed by atoms with Gasteiger partial charge in [0, 0.05) is 19.4 Å². The standard InChI is InChI=1S/C48H90NO8P/c1-3-5-7-9-11-13-15-17-18-19-20-21-22-23-24-25-26-27-28-29-31-33-35-37-39-41-48(51)57-46(45-56-58(52,53)55-43-42-49)44-54-47(50)40-38-36-34-32-30-16-14-12-10-8-6-4-2/h15,17,19-20,22-23,46H,3-14,16,18,21,24-45,49H2,1-2H3,(H,52,53)/b17-15-,20-19-,23-22-. The highest BCUT2D eigenvalue weighted by molar-refractivity contribution is 7.47. The van der Waals surface area contributed by atoms with Gasteiger partial charge in [-0.05, 0) is 51.4 Å². The smallest absolute Gasteiger partial charge is 0.462 e. The molecule has 2 atom stereocenters. The minimum Gasteiger partial charge on any atom is -0.462 e. The third kappa shape index (κ3) is 43.8. The number of carbonyl (C=O) groups is 2. The van der Waals surface area contributed by atoms with Gasteiger partial charge >= 0.3 is 19.8 Å². The van der Waals surface area contributed by atoms with Crippen LogP contribution in [0.3, 0.4) is 0 Å². The van der Waals surface area contributed by atoms with Gasteiger partial charge in [-0.1, -0.05) is 198 Å². The van der Waals surface area contributed by atoms with Crippen molar-refractivity contribution >= 4 is 19.8 Å². The summed E-state index contributed by atoms with van der Waals surface area (Å²) in [6.07, 6.45) is 50.4. The van der Waals surface area contributed by atoms with Crippen molar-refractivity contribution in [3.63, 3.8) is 0 Å². The van der Waals surface area contributed by atoms with Crippen LogP contribution < -0.4 is 5.73 Å². The topological polar surface area (TPSA) is 134 Å². The van der Waals surface area contributed by atoms with Gasteiger partial charge in [0.25, 0.3) is 0 Å². The van der Waals surface area contributed by atoms with E-state index < -0.39 is 26.5 Å². The first-order chi connectivity index (χ1) is 28.3. The molecule has 0 aromatic heterocycles. The van der Waals surface area contributed by atoms with Gasteiger partial charge in [0.05, 0.1) is 13.2 Å². The van der Waals surface area contributed by atoms with Crippen LogP contribution in [0.15, 0.2) is 36.5 Å². The average molecular weight is 840 g/mol. The fourth-order valence-electron chi connectivity index (χ4n) is 6.70. The summed E-state index contributed by atoms with van der Waals surface area (Å²) >= 11 is 0. The summed E-state index contributed by atoms with van der Waals surface area (Å²) in [5.74, 6) is -0.827. The highest BCUT2D eigenvalue weighted by Crippen LogP contribution is 2.43. The van der Waals surface area contributed by atoms with E-state index in [1.54, 1.807) is 0 Å². The van der Waals surface area contributed by atoms with E-state index in [9.17, 15) is 19.0 Å². The fraction of sp³-hybridized carbons (Fsp3) is 0.833. The Morgan fingerprint density at radius 3 is 1.33 bits per heavy atom. The van der Waals surface area contributed by atoms with Crippen LogP contribution in [0.4, 0.5) is 0 Å². The van der Waals surface area contributed by atoms with E-state index in [1.807, 2.05) is 0 Å². The molecule has 2 unspecified atom stereocenters. The Balaban J connectivity index is 4.03. The summed E-state index contributed by atoms with van der Waals surface area (Å²) in [7, 11) is -4.38. The van der Waals surface area contributed by atoms with E-state index in [4.69, 9.17) is 24.3 Å². The zero-order valence-electron chi connectivity index (χ0n) is 37.5. The van der Waals surface area contributed by atoms with Crippen LogP contribution in [0, 0.1) is 0 Å². The maximum Gasteiger partial charge on any atom is 0.472 e. The minimum atomic E-state index is -4.38. The zero-order valence-corrected chi connectivity index (χ0v) is 38.4. The average Bonchev–Trinajstić information content (AvgIpc) is 3.21. The van der Waals surface area contributed by atoms with Gasteiger partial charge in [-0.3, -0.25) is 18.6 Å². The van der Waals surface area contributed by atoms with Gasteiger partial charge in [-0.25, -0.2) is 4.57 Å². The quantitative estimate of drug-likeness (QED) is 0.0266. The lowest BCUT2D eigenvalue weighted by Crippen LogP contribution is -2.29. The number of phosphoric ester groups is 1. The molecule has 0 spiro atoms. The highest BCUT2D eigenvalue weighted by Gasteiger charge is 2.26. The largest absolute Gasteiger partial charge is 0.472 e. The second kappa shape index (κ2) is 44.8. The van der Waals surface area contributed by atoms with Crippen LogP contribution >= 0.6 is 7.82 Å². The maximum atomic E-state index is 12.6. The first-order valence-corrected chi connectivity index (χ1v) is 25.5. The molecule has 0 aromatic carbocycles. The van der Waals surface area contributed by atoms with Gasteiger partial charge < -0.3 is 20.1 Å². The van der Waals surface area contributed by atoms with E-state index in [0.29, 0.717) is 6.42 Å². The molecule has 340 valence electrons. The van der Waals surface area contributed by atoms with Crippen LogP contribution in [0.5, 0.6) is 0 Å². The number of nitrogens with two attached hydrogens (primary N) is 1. The maximum absolute atomic E-state index is 12.6. The first-order valence-electron chi connectivity index (χ1n) is 24.0. The van der Waals surface area contributed by atoms with Gasteiger partial charge in [0.2, 0.25) is 0 Å². The molecule has 0 amide bonds. The lowest BCUT2D eigenvalue weighted by molar-refractivity contribution is -0.161. The van der Waals surface area contributed by atoms with Gasteiger partial charge in [0.1, 0.15) is 6.61 Å². The van der Waals surface area contributed by atoms with E-state index in [1.165, 1.54) is 135 Å². The molecule has 0 saturated carbocycles. The fourth-order valence-corrected chi connectivity index (χ4v) is 7.47. The highest BCUT2D eigenvalue weighted by atomic mass is 31.2. The number of hydrogen-bond acceptors (Lipinski definition) is 8. The Kier molecular flexibility index (Phi) is 43.4. The molecule has 0 heterocycles. The normalized spacial score (nSPS) is 13.5. The Hall–Kier alpha value is -1.77. The van der Waals surface area contributed by atoms with E-state index >= 15 is 0 Å². The van der Waals surface area contributed by atoms with Crippen molar-refractivity contribution in [2.24, 2.45) is 5.73 Å². The zero-order chi connectivity index (χ0) is 42.5. The molecule has 0 aliphatic rings. The molecule has 0 bridgehead atoms. The van der Waals surface area contributed by atoms with Crippen molar-refractivity contribution in [3.05, 3.63) is 36.5 Å². The Morgan fingerprint density at radius 2 is 0.897 bits per heavy atom. The number of rotatable bonds is 45. The van der Waals surface area contributed by atoms with Crippen LogP contribution in [0.1, 0.15) is 226 Å². The Labute approximate surface area is 356 Å². The molecule has 3 N–H and O–H groups in total. The lowest BCUT2D eigenvalue weighted by Gasteiger charge is -2.19. The minimum absolute atomic E-state index is 0.0535. The molecule has 0 aromatic rings. The molecule has 0 aliphatic heterocycles. The van der Waals surface area contributed by atoms with E-state index in [2.05, 4.69) is 50.3 Å². The van der Waals surface area contributed by atoms with E-state index in [0.717, 1.165) is 57.8 Å². The lowest BCUT2D eigenvalue weighted by atomic mass is 10.0. The summed E-state index contributed by atoms with van der Waals surface area (Å²) in [4.78, 5) is 34.9. The van der Waals surface area contributed by atoms with Crippen molar-refractivity contribution in [1.29, 1.82) is 0 Å². The molecule has 0 aliphatic carbocycles. The molecule has 9 nitrogen and oxygen atoms in total. The molecule has 0 rings (SSSR count). The number of esters is 2. The van der Waals surface area contributed by atoms with Crippen molar-refractivity contribution in [2.75, 3.05) is 26.4 Å². The second-order valence-corrected chi connectivity index (χ2v) is 17.4. The third-order valence-electron chi connectivity index (χ3n) is 10.3. The van der Waals surface area contributed by atoms with Crippen molar-refractivity contribution in [1.82, 2.24) is 0 Å². The molecule has 10 heteroatoms. The summed E-state index contributed by atoms with van der Waals surface area (Å²) in [6, 6.07) is 0. The summed E-state index contributed by atoms with van der Waals surface area (Å²) in [5.41, 5.74) is 5.35. The predicted octanol–water partition coefficient (Wildman–Crippen LogP) is 14.1. The number of carbonyl (C=O) groups excluding carboxylic acids is 2. The number of unbranched alkanes of at least 4 members (excludes halogenated alkanes) is 26. The van der Waals surface area contributed by atoms with Gasteiger partial charge in [-0.2, -0.15) is 0 Å². The summed E-state index contributed by atoms with van der Waals surface area (Å²) < 4.78 is 32.8. The first kappa shape index (κ1) is 56.2. The second-order valence-electron chi connectivity index (χ2n) is 16.0. The SMILES string of the molecule is CCCCCCC/C=C\C/C=C\C/C=C\CCCCCCCCCCCCC(=O)OC(COC(=O)CCCCCCCCCCCCCC)COP(=O)(O)OCCN. The van der Waals surface area contributed by atoms with Gasteiger partial charge in [-0.15, -0.1) is 0 Å². The number of ether oxygens (including phenoxy) is 2. The molecular weight excluding hydrogens is 750 g/mol. The third-order valence-corrected chi connectivity index (χ3v) is 11.3. The van der Waals surface area contributed by atoms with E-state index in [-0.39, 0.29) is 38.6 Å². The van der Waals surface area contributed by atoms with Crippen LogP contribution in [0.2, 0.25) is 0 Å². The Bertz CT molecular complexity index is 1050. The molecular formula is C48H90NO8P. The number of hydrogen-bond donors (Lipinski definition) is 2. The summed E-state index contributed by atoms with van der Waals surface area (Å²) in [6.45, 7) is 3.73. The number of phosphoric acid groups is 1. The summed E-state index contributed by atoms with van der Waals surface area (Å²) in [5, 5.41) is 0. The van der Waals surface area contributed by atoms with Crippen molar-refractivity contribution < 1.29 is 37.6 Å².